The maximum absolute atomic E-state index is 12.0. The van der Waals surface area contributed by atoms with Crippen molar-refractivity contribution in [2.75, 3.05) is 32.7 Å². The minimum Gasteiger partial charge on any atom is -0.444 e. The molecule has 1 aliphatic heterocycles. The molecule has 0 aromatic heterocycles. The largest absolute Gasteiger partial charge is 0.444 e. The van der Waals surface area contributed by atoms with E-state index in [4.69, 9.17) is 4.74 Å². The molecule has 1 saturated heterocycles. The zero-order chi connectivity index (χ0) is 13.2. The molecule has 2 aliphatic rings. The van der Waals surface area contributed by atoms with E-state index in [-0.39, 0.29) is 6.09 Å². The molecule has 1 heterocycles. The lowest BCUT2D eigenvalue weighted by Crippen LogP contribution is -2.39. The van der Waals surface area contributed by atoms with Crippen LogP contribution in [0.5, 0.6) is 0 Å². The third-order valence-electron chi connectivity index (χ3n) is 3.45. The van der Waals surface area contributed by atoms with Gasteiger partial charge in [0.1, 0.15) is 5.60 Å². The van der Waals surface area contributed by atoms with Gasteiger partial charge >= 0.3 is 6.09 Å². The molecule has 18 heavy (non-hydrogen) atoms. The number of rotatable bonds is 2. The second-order valence-electron chi connectivity index (χ2n) is 6.56. The number of nitrogens with zero attached hydrogens (tertiary/aromatic N) is 2. The highest BCUT2D eigenvalue weighted by Crippen LogP contribution is 2.29. The molecule has 0 N–H and O–H groups in total. The molecule has 1 aliphatic carbocycles. The Labute approximate surface area is 110 Å². The monoisotopic (exact) mass is 254 g/mol. The summed E-state index contributed by atoms with van der Waals surface area (Å²) in [6.07, 6.45) is 3.70. The van der Waals surface area contributed by atoms with Crippen LogP contribution in [0, 0.1) is 5.92 Å². The van der Waals surface area contributed by atoms with E-state index < -0.39 is 5.60 Å². The fourth-order valence-electron chi connectivity index (χ4n) is 2.33. The number of carbonyl (C=O) groups is 1. The molecule has 0 radical (unpaired) electrons. The molecule has 0 aromatic rings. The van der Waals surface area contributed by atoms with Gasteiger partial charge in [-0.15, -0.1) is 0 Å². The first-order valence-electron chi connectivity index (χ1n) is 7.14. The highest BCUT2D eigenvalue weighted by molar-refractivity contribution is 5.68. The minimum atomic E-state index is -0.392. The summed E-state index contributed by atoms with van der Waals surface area (Å²) < 4.78 is 5.43. The van der Waals surface area contributed by atoms with Crippen molar-refractivity contribution in [1.82, 2.24) is 9.80 Å². The number of hydrogen-bond acceptors (Lipinski definition) is 3. The maximum atomic E-state index is 12.0. The van der Waals surface area contributed by atoms with Crippen LogP contribution in [-0.4, -0.2) is 54.2 Å². The number of carbonyl (C=O) groups excluding carboxylic acids is 1. The zero-order valence-corrected chi connectivity index (χ0v) is 11.9. The molecule has 1 amide bonds. The Kier molecular flexibility index (Phi) is 4.15. The van der Waals surface area contributed by atoms with Crippen LogP contribution in [0.4, 0.5) is 4.79 Å². The molecule has 0 unspecified atom stereocenters. The lowest BCUT2D eigenvalue weighted by molar-refractivity contribution is 0.0257. The number of amides is 1. The van der Waals surface area contributed by atoms with Gasteiger partial charge in [-0.2, -0.15) is 0 Å². The van der Waals surface area contributed by atoms with E-state index in [2.05, 4.69) is 4.90 Å². The maximum Gasteiger partial charge on any atom is 0.410 e. The smallest absolute Gasteiger partial charge is 0.410 e. The van der Waals surface area contributed by atoms with Gasteiger partial charge in [-0.1, -0.05) is 0 Å². The summed E-state index contributed by atoms with van der Waals surface area (Å²) in [5.74, 6) is 0.929. The van der Waals surface area contributed by atoms with E-state index >= 15 is 0 Å². The Morgan fingerprint density at radius 2 is 1.89 bits per heavy atom. The van der Waals surface area contributed by atoms with E-state index in [0.717, 1.165) is 38.5 Å². The van der Waals surface area contributed by atoms with Crippen molar-refractivity contribution in [2.24, 2.45) is 5.92 Å². The Bertz CT molecular complexity index is 295. The van der Waals surface area contributed by atoms with E-state index in [0.29, 0.717) is 0 Å². The topological polar surface area (TPSA) is 32.8 Å². The molecule has 1 saturated carbocycles. The SMILES string of the molecule is CC(C)(C)OC(=O)N1CCCN(CC2CC2)CC1. The van der Waals surface area contributed by atoms with Crippen molar-refractivity contribution in [3.8, 4) is 0 Å². The van der Waals surface area contributed by atoms with Crippen LogP contribution in [0.1, 0.15) is 40.0 Å². The van der Waals surface area contributed by atoms with Gasteiger partial charge in [0, 0.05) is 26.2 Å². The highest BCUT2D eigenvalue weighted by atomic mass is 16.6. The van der Waals surface area contributed by atoms with E-state index in [1.165, 1.54) is 19.4 Å². The Morgan fingerprint density at radius 1 is 1.17 bits per heavy atom. The second kappa shape index (κ2) is 5.47. The quantitative estimate of drug-likeness (QED) is 0.758. The summed E-state index contributed by atoms with van der Waals surface area (Å²) in [4.78, 5) is 16.4. The molecule has 4 nitrogen and oxygen atoms in total. The molecule has 0 aromatic carbocycles. The van der Waals surface area contributed by atoms with Gasteiger partial charge in [-0.25, -0.2) is 4.79 Å². The van der Waals surface area contributed by atoms with Gasteiger partial charge in [-0.05, 0) is 52.5 Å². The first-order valence-corrected chi connectivity index (χ1v) is 7.14. The summed E-state index contributed by atoms with van der Waals surface area (Å²) in [7, 11) is 0. The van der Waals surface area contributed by atoms with Crippen molar-refractivity contribution in [1.29, 1.82) is 0 Å². The number of ether oxygens (including phenoxy) is 1. The Hall–Kier alpha value is -0.770. The van der Waals surface area contributed by atoms with Crippen molar-refractivity contribution in [3.63, 3.8) is 0 Å². The summed E-state index contributed by atoms with van der Waals surface area (Å²) >= 11 is 0. The highest BCUT2D eigenvalue weighted by Gasteiger charge is 2.27. The van der Waals surface area contributed by atoms with Gasteiger partial charge in [0.05, 0.1) is 0 Å². The molecular formula is C14H26N2O2. The average Bonchev–Trinajstić information content (AvgIpc) is 3.03. The van der Waals surface area contributed by atoms with Gasteiger partial charge in [-0.3, -0.25) is 0 Å². The van der Waals surface area contributed by atoms with Crippen LogP contribution in [0.3, 0.4) is 0 Å². The van der Waals surface area contributed by atoms with Crippen LogP contribution in [0.15, 0.2) is 0 Å². The number of hydrogen-bond donors (Lipinski definition) is 0. The summed E-state index contributed by atoms with van der Waals surface area (Å²) in [5.41, 5.74) is -0.392. The predicted octanol–water partition coefficient (Wildman–Crippen LogP) is 2.34. The molecule has 0 spiro atoms. The van der Waals surface area contributed by atoms with E-state index in [9.17, 15) is 4.79 Å². The van der Waals surface area contributed by atoms with Gasteiger partial charge in [0.2, 0.25) is 0 Å². The fraction of sp³-hybridized carbons (Fsp3) is 0.929. The van der Waals surface area contributed by atoms with Crippen molar-refractivity contribution in [2.45, 2.75) is 45.6 Å². The first kappa shape index (κ1) is 13.7. The summed E-state index contributed by atoms with van der Waals surface area (Å²) in [5, 5.41) is 0. The van der Waals surface area contributed by atoms with Crippen molar-refractivity contribution in [3.05, 3.63) is 0 Å². The van der Waals surface area contributed by atoms with E-state index in [1.807, 2.05) is 25.7 Å². The van der Waals surface area contributed by atoms with Crippen LogP contribution in [0.2, 0.25) is 0 Å². The third-order valence-corrected chi connectivity index (χ3v) is 3.45. The van der Waals surface area contributed by atoms with Crippen molar-refractivity contribution < 1.29 is 9.53 Å². The molecular weight excluding hydrogens is 228 g/mol. The van der Waals surface area contributed by atoms with Crippen LogP contribution in [-0.2, 0) is 4.74 Å². The van der Waals surface area contributed by atoms with Crippen LogP contribution < -0.4 is 0 Å². The predicted molar refractivity (Wildman–Crippen MR) is 71.6 cm³/mol. The molecule has 0 atom stereocenters. The lowest BCUT2D eigenvalue weighted by Gasteiger charge is -2.26. The first-order chi connectivity index (χ1) is 8.44. The average molecular weight is 254 g/mol. The standard InChI is InChI=1S/C14H26N2O2/c1-14(2,3)18-13(17)16-8-4-7-15(9-10-16)11-12-5-6-12/h12H,4-11H2,1-3H3. The molecule has 0 bridgehead atoms. The minimum absolute atomic E-state index is 0.157. The van der Waals surface area contributed by atoms with Gasteiger partial charge in [0.25, 0.3) is 0 Å². The Balaban J connectivity index is 1.78. The Morgan fingerprint density at radius 3 is 2.50 bits per heavy atom. The lowest BCUT2D eigenvalue weighted by atomic mass is 10.2. The summed E-state index contributed by atoms with van der Waals surface area (Å²) in [6.45, 7) is 10.7. The van der Waals surface area contributed by atoms with Gasteiger partial charge in [0.15, 0.2) is 0 Å². The fourth-order valence-corrected chi connectivity index (χ4v) is 2.33. The molecule has 4 heteroatoms. The van der Waals surface area contributed by atoms with Crippen LogP contribution >= 0.6 is 0 Å². The molecule has 2 rings (SSSR count). The van der Waals surface area contributed by atoms with Crippen LogP contribution in [0.25, 0.3) is 0 Å². The van der Waals surface area contributed by atoms with E-state index in [1.54, 1.807) is 0 Å². The summed E-state index contributed by atoms with van der Waals surface area (Å²) in [6, 6.07) is 0. The third kappa shape index (κ3) is 4.48. The zero-order valence-electron chi connectivity index (χ0n) is 11.9. The molecule has 2 fully saturated rings. The second-order valence-corrected chi connectivity index (χ2v) is 6.56. The van der Waals surface area contributed by atoms with Crippen molar-refractivity contribution >= 4 is 6.09 Å². The molecule has 104 valence electrons. The van der Waals surface area contributed by atoms with Gasteiger partial charge < -0.3 is 14.5 Å². The normalized spacial score (nSPS) is 22.7.